The molecule has 0 aliphatic carbocycles. The number of rotatable bonds is 5. The van der Waals surface area contributed by atoms with Crippen LogP contribution in [0.5, 0.6) is 0 Å². The number of piperidine rings is 1. The molecule has 0 saturated carbocycles. The highest BCUT2D eigenvalue weighted by atomic mass is 16.5. The predicted octanol–water partition coefficient (Wildman–Crippen LogP) is 3.62. The van der Waals surface area contributed by atoms with Crippen LogP contribution in [0.25, 0.3) is 11.4 Å². The van der Waals surface area contributed by atoms with Gasteiger partial charge in [-0.2, -0.15) is 4.98 Å². The summed E-state index contributed by atoms with van der Waals surface area (Å²) in [7, 11) is 0. The van der Waals surface area contributed by atoms with Crippen molar-refractivity contribution in [2.75, 3.05) is 13.1 Å². The van der Waals surface area contributed by atoms with Crippen LogP contribution in [0.1, 0.15) is 30.3 Å². The van der Waals surface area contributed by atoms with Crippen molar-refractivity contribution in [1.29, 1.82) is 0 Å². The van der Waals surface area contributed by atoms with E-state index in [-0.39, 0.29) is 12.0 Å². The Hall–Kier alpha value is -2.99. The molecule has 1 aliphatic rings. The van der Waals surface area contributed by atoms with Crippen molar-refractivity contribution in [3.8, 4) is 11.4 Å². The molecule has 2 aromatic carbocycles. The van der Waals surface area contributed by atoms with Crippen molar-refractivity contribution in [2.24, 2.45) is 5.92 Å². The van der Waals surface area contributed by atoms with Crippen LogP contribution in [0, 0.1) is 5.92 Å². The second-order valence-electron chi connectivity index (χ2n) is 6.81. The summed E-state index contributed by atoms with van der Waals surface area (Å²) in [5, 5.41) is 13.6. The molecule has 0 spiro atoms. The topological polar surface area (TPSA) is 79.5 Å². The lowest BCUT2D eigenvalue weighted by Gasteiger charge is -2.35. The van der Waals surface area contributed by atoms with Crippen LogP contribution in [-0.2, 0) is 4.79 Å². The minimum Gasteiger partial charge on any atom is -0.481 e. The normalized spacial score (nSPS) is 18.9. The molecule has 6 nitrogen and oxygen atoms in total. The van der Waals surface area contributed by atoms with E-state index < -0.39 is 5.97 Å². The largest absolute Gasteiger partial charge is 0.481 e. The number of nitrogens with zero attached hydrogens (tertiary/aromatic N) is 3. The van der Waals surface area contributed by atoms with Crippen LogP contribution in [0.15, 0.2) is 65.2 Å². The van der Waals surface area contributed by atoms with Gasteiger partial charge in [-0.1, -0.05) is 65.8 Å². The summed E-state index contributed by atoms with van der Waals surface area (Å²) >= 11 is 0. The van der Waals surface area contributed by atoms with E-state index >= 15 is 0 Å². The molecule has 1 N–H and O–H groups in total. The van der Waals surface area contributed by atoms with E-state index in [1.165, 1.54) is 0 Å². The fourth-order valence-electron chi connectivity index (χ4n) is 3.64. The van der Waals surface area contributed by atoms with Crippen LogP contribution in [0.4, 0.5) is 0 Å². The molecule has 2 atom stereocenters. The lowest BCUT2D eigenvalue weighted by Crippen LogP contribution is -2.41. The molecule has 0 amide bonds. The van der Waals surface area contributed by atoms with Crippen LogP contribution in [0.3, 0.4) is 0 Å². The van der Waals surface area contributed by atoms with Gasteiger partial charge in [0.05, 0.1) is 5.92 Å². The summed E-state index contributed by atoms with van der Waals surface area (Å²) in [4.78, 5) is 18.3. The Morgan fingerprint density at radius 1 is 1.11 bits per heavy atom. The second-order valence-corrected chi connectivity index (χ2v) is 6.81. The zero-order valence-electron chi connectivity index (χ0n) is 14.9. The number of likely N-dealkylation sites (tertiary alicyclic amines) is 1. The van der Waals surface area contributed by atoms with Gasteiger partial charge in [-0.15, -0.1) is 0 Å². The van der Waals surface area contributed by atoms with Gasteiger partial charge in [0.1, 0.15) is 6.04 Å². The van der Waals surface area contributed by atoms with E-state index in [1.54, 1.807) is 0 Å². The number of aromatic nitrogens is 2. The van der Waals surface area contributed by atoms with E-state index in [4.69, 9.17) is 4.52 Å². The molecule has 27 heavy (non-hydrogen) atoms. The molecule has 2 unspecified atom stereocenters. The first kappa shape index (κ1) is 17.4. The molecule has 1 aromatic heterocycles. The fourth-order valence-corrected chi connectivity index (χ4v) is 3.64. The van der Waals surface area contributed by atoms with Gasteiger partial charge >= 0.3 is 5.97 Å². The molecule has 1 saturated heterocycles. The third kappa shape index (κ3) is 3.75. The van der Waals surface area contributed by atoms with E-state index in [1.807, 2.05) is 60.7 Å². The molecule has 2 heterocycles. The summed E-state index contributed by atoms with van der Waals surface area (Å²) in [6.07, 6.45) is 1.53. The van der Waals surface area contributed by atoms with E-state index in [0.717, 1.165) is 24.1 Å². The number of carboxylic acid groups (broad SMARTS) is 1. The van der Waals surface area contributed by atoms with Gasteiger partial charge in [0, 0.05) is 12.1 Å². The van der Waals surface area contributed by atoms with Gasteiger partial charge in [0.15, 0.2) is 0 Å². The Balaban J connectivity index is 1.69. The molecule has 1 fully saturated rings. The molecule has 0 radical (unpaired) electrons. The van der Waals surface area contributed by atoms with Crippen LogP contribution in [-0.4, -0.2) is 39.2 Å². The first-order valence-corrected chi connectivity index (χ1v) is 9.13. The monoisotopic (exact) mass is 363 g/mol. The van der Waals surface area contributed by atoms with Crippen molar-refractivity contribution < 1.29 is 14.4 Å². The van der Waals surface area contributed by atoms with Gasteiger partial charge in [-0.3, -0.25) is 9.69 Å². The molecule has 6 heteroatoms. The molecule has 4 rings (SSSR count). The minimum absolute atomic E-state index is 0.252. The maximum Gasteiger partial charge on any atom is 0.307 e. The summed E-state index contributed by atoms with van der Waals surface area (Å²) in [6, 6.07) is 19.4. The van der Waals surface area contributed by atoms with Crippen LogP contribution < -0.4 is 0 Å². The Morgan fingerprint density at radius 3 is 2.52 bits per heavy atom. The van der Waals surface area contributed by atoms with E-state index in [0.29, 0.717) is 24.7 Å². The van der Waals surface area contributed by atoms with Gasteiger partial charge in [0.25, 0.3) is 0 Å². The highest BCUT2D eigenvalue weighted by Crippen LogP contribution is 2.32. The minimum atomic E-state index is -0.748. The first-order valence-electron chi connectivity index (χ1n) is 9.13. The number of hydrogen-bond acceptors (Lipinski definition) is 5. The van der Waals surface area contributed by atoms with Crippen molar-refractivity contribution in [3.63, 3.8) is 0 Å². The standard InChI is InChI=1S/C21H21N3O3/c25-21(26)17-12-7-13-24(14-17)18(15-8-3-1-4-9-15)20-22-19(23-27-20)16-10-5-2-6-11-16/h1-6,8-11,17-18H,7,12-14H2,(H,25,26). The molecule has 3 aromatic rings. The Kier molecular flexibility index (Phi) is 4.98. The number of carbonyl (C=O) groups is 1. The lowest BCUT2D eigenvalue weighted by atomic mass is 9.94. The SMILES string of the molecule is O=C(O)C1CCCN(C(c2ccccc2)c2nc(-c3ccccc3)no2)C1. The van der Waals surface area contributed by atoms with Gasteiger partial charge in [-0.25, -0.2) is 0 Å². The van der Waals surface area contributed by atoms with E-state index in [9.17, 15) is 9.90 Å². The number of carboxylic acids is 1. The smallest absolute Gasteiger partial charge is 0.307 e. The van der Waals surface area contributed by atoms with Crippen molar-refractivity contribution in [1.82, 2.24) is 15.0 Å². The Labute approximate surface area is 157 Å². The average Bonchev–Trinajstić information content (AvgIpc) is 3.20. The average molecular weight is 363 g/mol. The Morgan fingerprint density at radius 2 is 1.81 bits per heavy atom. The molecule has 1 aliphatic heterocycles. The zero-order chi connectivity index (χ0) is 18.6. The fraction of sp³-hybridized carbons (Fsp3) is 0.286. The predicted molar refractivity (Wildman–Crippen MR) is 100.0 cm³/mol. The molecule has 0 bridgehead atoms. The number of aliphatic carboxylic acids is 1. The highest BCUT2D eigenvalue weighted by molar-refractivity contribution is 5.70. The highest BCUT2D eigenvalue weighted by Gasteiger charge is 2.34. The summed E-state index contributed by atoms with van der Waals surface area (Å²) in [6.45, 7) is 1.27. The maximum absolute atomic E-state index is 11.5. The Bertz CT molecular complexity index is 895. The maximum atomic E-state index is 11.5. The van der Waals surface area contributed by atoms with Gasteiger partial charge in [-0.05, 0) is 24.9 Å². The van der Waals surface area contributed by atoms with Crippen LogP contribution >= 0.6 is 0 Å². The van der Waals surface area contributed by atoms with Crippen LogP contribution in [0.2, 0.25) is 0 Å². The summed E-state index contributed by atoms with van der Waals surface area (Å²) in [5.41, 5.74) is 1.91. The van der Waals surface area contributed by atoms with Gasteiger partial charge < -0.3 is 9.63 Å². The van der Waals surface area contributed by atoms with Gasteiger partial charge in [0.2, 0.25) is 11.7 Å². The summed E-state index contributed by atoms with van der Waals surface area (Å²) in [5.74, 6) is -0.0899. The lowest BCUT2D eigenvalue weighted by molar-refractivity contribution is -0.143. The zero-order valence-corrected chi connectivity index (χ0v) is 14.9. The van der Waals surface area contributed by atoms with E-state index in [2.05, 4.69) is 15.0 Å². The van der Waals surface area contributed by atoms with Crippen molar-refractivity contribution in [3.05, 3.63) is 72.1 Å². The molecular weight excluding hydrogens is 342 g/mol. The summed E-state index contributed by atoms with van der Waals surface area (Å²) < 4.78 is 5.63. The first-order chi connectivity index (χ1) is 13.2. The number of hydrogen-bond donors (Lipinski definition) is 1. The van der Waals surface area contributed by atoms with Crippen molar-refractivity contribution in [2.45, 2.75) is 18.9 Å². The molecular formula is C21H21N3O3. The molecule has 138 valence electrons. The second kappa shape index (κ2) is 7.72. The van der Waals surface area contributed by atoms with Crippen molar-refractivity contribution >= 4 is 5.97 Å². The number of benzene rings is 2. The third-order valence-electron chi connectivity index (χ3n) is 4.99. The third-order valence-corrected chi connectivity index (χ3v) is 4.99. The quantitative estimate of drug-likeness (QED) is 0.746.